The highest BCUT2D eigenvalue weighted by atomic mass is 16.5. The Balaban J connectivity index is 3.18. The molecule has 0 aliphatic rings. The summed E-state index contributed by atoms with van der Waals surface area (Å²) in [6, 6.07) is 0. The van der Waals surface area contributed by atoms with Crippen LogP contribution in [-0.4, -0.2) is 23.6 Å². The summed E-state index contributed by atoms with van der Waals surface area (Å²) in [7, 11) is 1.70. The van der Waals surface area contributed by atoms with Gasteiger partial charge in [0, 0.05) is 24.9 Å². The Labute approximate surface area is 104 Å². The van der Waals surface area contributed by atoms with E-state index in [0.29, 0.717) is 0 Å². The average Bonchev–Trinajstić information content (AvgIpc) is 2.34. The van der Waals surface area contributed by atoms with Crippen molar-refractivity contribution in [1.29, 1.82) is 0 Å². The number of ether oxygens (including phenoxy) is 1. The molecular weight excluding hydrogens is 214 g/mol. The van der Waals surface area contributed by atoms with E-state index < -0.39 is 0 Å². The first-order chi connectivity index (χ1) is 8.17. The number of methoxy groups -OCH3 is 1. The molecule has 0 aliphatic carbocycles. The molecule has 1 aromatic rings. The van der Waals surface area contributed by atoms with Crippen LogP contribution in [-0.2, 0) is 11.2 Å². The molecule has 0 amide bonds. The van der Waals surface area contributed by atoms with Crippen LogP contribution in [0.15, 0.2) is 0 Å². The fourth-order valence-corrected chi connectivity index (χ4v) is 1.86. The number of nitrogens with one attached hydrogen (secondary N) is 1. The number of hydrogen-bond acceptors (Lipinski definition) is 4. The molecule has 17 heavy (non-hydrogen) atoms. The number of rotatable bonds is 6. The summed E-state index contributed by atoms with van der Waals surface area (Å²) in [4.78, 5) is 9.16. The van der Waals surface area contributed by atoms with E-state index in [-0.39, 0.29) is 6.10 Å². The molecule has 0 fully saturated rings. The van der Waals surface area contributed by atoms with Crippen molar-refractivity contribution in [2.45, 2.75) is 46.6 Å². The first kappa shape index (κ1) is 13.9. The Morgan fingerprint density at radius 2 is 1.94 bits per heavy atom. The van der Waals surface area contributed by atoms with Gasteiger partial charge in [-0.15, -0.1) is 0 Å². The van der Waals surface area contributed by atoms with Gasteiger partial charge in [-0.05, 0) is 26.7 Å². The third kappa shape index (κ3) is 3.16. The molecule has 4 nitrogen and oxygen atoms in total. The van der Waals surface area contributed by atoms with Gasteiger partial charge in [-0.2, -0.15) is 0 Å². The van der Waals surface area contributed by atoms with Gasteiger partial charge in [0.25, 0.3) is 0 Å². The molecule has 4 heteroatoms. The molecular formula is C13H23N3O. The van der Waals surface area contributed by atoms with E-state index in [0.717, 1.165) is 42.3 Å². The maximum absolute atomic E-state index is 5.41. The highest BCUT2D eigenvalue weighted by Gasteiger charge is 2.15. The Hall–Kier alpha value is -1.16. The molecule has 1 N–H and O–H groups in total. The molecule has 0 aliphatic heterocycles. The van der Waals surface area contributed by atoms with Crippen LogP contribution in [0.2, 0.25) is 0 Å². The molecule has 0 saturated carbocycles. The highest BCUT2D eigenvalue weighted by molar-refractivity contribution is 5.45. The van der Waals surface area contributed by atoms with Crippen molar-refractivity contribution in [2.75, 3.05) is 19.0 Å². The Morgan fingerprint density at radius 1 is 1.24 bits per heavy atom. The van der Waals surface area contributed by atoms with Crippen molar-refractivity contribution >= 4 is 5.82 Å². The number of anilines is 1. The van der Waals surface area contributed by atoms with Crippen LogP contribution in [0, 0.1) is 6.92 Å². The minimum atomic E-state index is -0.0155. The van der Waals surface area contributed by atoms with Crippen LogP contribution in [0.25, 0.3) is 0 Å². The summed E-state index contributed by atoms with van der Waals surface area (Å²) >= 11 is 0. The van der Waals surface area contributed by atoms with E-state index in [1.54, 1.807) is 7.11 Å². The molecule has 0 saturated heterocycles. The van der Waals surface area contributed by atoms with Crippen LogP contribution in [0.1, 0.15) is 50.4 Å². The van der Waals surface area contributed by atoms with Crippen molar-refractivity contribution in [1.82, 2.24) is 9.97 Å². The van der Waals surface area contributed by atoms with E-state index in [4.69, 9.17) is 4.74 Å². The number of aromatic nitrogens is 2. The van der Waals surface area contributed by atoms with Gasteiger partial charge in [-0.1, -0.05) is 13.8 Å². The lowest BCUT2D eigenvalue weighted by molar-refractivity contribution is 0.0925. The van der Waals surface area contributed by atoms with Crippen LogP contribution in [0.5, 0.6) is 0 Å². The molecule has 1 atom stereocenters. The Kier molecular flexibility index (Phi) is 5.35. The number of aryl methyl sites for hydroxylation is 1. The SMILES string of the molecule is CCNc1nc(C(CC)OC)nc(CC)c1C. The fourth-order valence-electron chi connectivity index (χ4n) is 1.86. The Bertz CT molecular complexity index is 362. The normalized spacial score (nSPS) is 12.5. The molecule has 1 heterocycles. The van der Waals surface area contributed by atoms with E-state index in [1.807, 2.05) is 0 Å². The zero-order chi connectivity index (χ0) is 12.8. The van der Waals surface area contributed by atoms with E-state index >= 15 is 0 Å². The average molecular weight is 237 g/mol. The molecule has 0 spiro atoms. The topological polar surface area (TPSA) is 47.0 Å². The van der Waals surface area contributed by atoms with E-state index in [2.05, 4.69) is 43.0 Å². The molecule has 0 bridgehead atoms. The number of nitrogens with zero attached hydrogens (tertiary/aromatic N) is 2. The molecule has 0 radical (unpaired) electrons. The standard InChI is InChI=1S/C13H23N3O/c1-6-10-9(4)12(14-8-3)16-13(15-10)11(7-2)17-5/h11H,6-8H2,1-5H3,(H,14,15,16). The van der Waals surface area contributed by atoms with Crippen LogP contribution in [0.3, 0.4) is 0 Å². The second-order valence-electron chi connectivity index (χ2n) is 4.02. The van der Waals surface area contributed by atoms with Crippen LogP contribution in [0.4, 0.5) is 5.82 Å². The third-order valence-corrected chi connectivity index (χ3v) is 2.89. The monoisotopic (exact) mass is 237 g/mol. The van der Waals surface area contributed by atoms with Gasteiger partial charge in [0.15, 0.2) is 5.82 Å². The zero-order valence-corrected chi connectivity index (χ0v) is 11.5. The largest absolute Gasteiger partial charge is 0.373 e. The van der Waals surface area contributed by atoms with Crippen molar-refractivity contribution in [3.63, 3.8) is 0 Å². The predicted molar refractivity (Wildman–Crippen MR) is 70.4 cm³/mol. The van der Waals surface area contributed by atoms with Gasteiger partial charge in [0.1, 0.15) is 11.9 Å². The molecule has 96 valence electrons. The second kappa shape index (κ2) is 6.55. The fraction of sp³-hybridized carbons (Fsp3) is 0.692. The summed E-state index contributed by atoms with van der Waals surface area (Å²) in [5.74, 6) is 1.72. The second-order valence-corrected chi connectivity index (χ2v) is 4.02. The first-order valence-electron chi connectivity index (χ1n) is 6.31. The van der Waals surface area contributed by atoms with Crippen molar-refractivity contribution in [3.05, 3.63) is 17.1 Å². The minimum absolute atomic E-state index is 0.0155. The predicted octanol–water partition coefficient (Wildman–Crippen LogP) is 2.88. The van der Waals surface area contributed by atoms with E-state index in [9.17, 15) is 0 Å². The summed E-state index contributed by atoms with van der Waals surface area (Å²) in [6.45, 7) is 9.19. The van der Waals surface area contributed by atoms with Crippen LogP contribution < -0.4 is 5.32 Å². The van der Waals surface area contributed by atoms with Crippen molar-refractivity contribution < 1.29 is 4.74 Å². The van der Waals surface area contributed by atoms with Gasteiger partial charge in [0.05, 0.1) is 0 Å². The lowest BCUT2D eigenvalue weighted by Crippen LogP contribution is -2.13. The summed E-state index contributed by atoms with van der Waals surface area (Å²) in [5, 5.41) is 3.29. The molecule has 1 rings (SSSR count). The maximum atomic E-state index is 5.41. The van der Waals surface area contributed by atoms with Crippen LogP contribution >= 0.6 is 0 Å². The van der Waals surface area contributed by atoms with E-state index in [1.165, 1.54) is 0 Å². The molecule has 1 unspecified atom stereocenters. The smallest absolute Gasteiger partial charge is 0.159 e. The van der Waals surface area contributed by atoms with Gasteiger partial charge in [-0.3, -0.25) is 0 Å². The molecule has 1 aromatic heterocycles. The van der Waals surface area contributed by atoms with Gasteiger partial charge in [-0.25, -0.2) is 9.97 Å². The Morgan fingerprint density at radius 3 is 2.41 bits per heavy atom. The maximum Gasteiger partial charge on any atom is 0.159 e. The summed E-state index contributed by atoms with van der Waals surface area (Å²) in [6.07, 6.45) is 1.78. The quantitative estimate of drug-likeness (QED) is 0.826. The zero-order valence-electron chi connectivity index (χ0n) is 11.5. The summed E-state index contributed by atoms with van der Waals surface area (Å²) < 4.78 is 5.41. The molecule has 0 aromatic carbocycles. The van der Waals surface area contributed by atoms with Crippen molar-refractivity contribution in [2.24, 2.45) is 0 Å². The lowest BCUT2D eigenvalue weighted by atomic mass is 10.1. The van der Waals surface area contributed by atoms with Gasteiger partial charge < -0.3 is 10.1 Å². The van der Waals surface area contributed by atoms with Gasteiger partial charge >= 0.3 is 0 Å². The highest BCUT2D eigenvalue weighted by Crippen LogP contribution is 2.22. The lowest BCUT2D eigenvalue weighted by Gasteiger charge is -2.16. The van der Waals surface area contributed by atoms with Crippen molar-refractivity contribution in [3.8, 4) is 0 Å². The number of hydrogen-bond donors (Lipinski definition) is 1. The third-order valence-electron chi connectivity index (χ3n) is 2.89. The van der Waals surface area contributed by atoms with Gasteiger partial charge in [0.2, 0.25) is 0 Å². The first-order valence-corrected chi connectivity index (χ1v) is 6.31. The summed E-state index contributed by atoms with van der Waals surface area (Å²) in [5.41, 5.74) is 2.24. The minimum Gasteiger partial charge on any atom is -0.373 e.